The zero-order valence-electron chi connectivity index (χ0n) is 19.1. The normalized spacial score (nSPS) is 11.8. The molecule has 0 atom stereocenters. The third-order valence-corrected chi connectivity index (χ3v) is 14.9. The highest BCUT2D eigenvalue weighted by Gasteiger charge is 2.43. The van der Waals surface area contributed by atoms with Gasteiger partial charge < -0.3 is 8.85 Å². The summed E-state index contributed by atoms with van der Waals surface area (Å²) in [5.41, 5.74) is 0.923. The van der Waals surface area contributed by atoms with Gasteiger partial charge in [-0.2, -0.15) is 0 Å². The minimum atomic E-state index is -2.26. The topological polar surface area (TPSA) is 52.6 Å². The van der Waals surface area contributed by atoms with E-state index >= 15 is 0 Å². The summed E-state index contributed by atoms with van der Waals surface area (Å²) >= 11 is 0. The maximum atomic E-state index is 12.4. The average Bonchev–Trinajstić information content (AvgIpc) is 2.60. The van der Waals surface area contributed by atoms with Gasteiger partial charge in [0.05, 0.1) is 0 Å². The molecular weight excluding hydrogens is 384 g/mol. The Morgan fingerprint density at radius 3 is 1.04 bits per heavy atom. The van der Waals surface area contributed by atoms with Gasteiger partial charge in [-0.3, -0.25) is 0 Å². The van der Waals surface area contributed by atoms with Crippen LogP contribution in [0.4, 0.5) is 0 Å². The first-order valence-electron chi connectivity index (χ1n) is 10.9. The van der Waals surface area contributed by atoms with Crippen LogP contribution in [0.15, 0.2) is 24.3 Å². The van der Waals surface area contributed by atoms with Crippen LogP contribution >= 0.6 is 0 Å². The lowest BCUT2D eigenvalue weighted by molar-refractivity contribution is -0.132. The largest absolute Gasteiger partial charge is 0.516 e. The molecule has 0 bridgehead atoms. The fourth-order valence-electron chi connectivity index (χ4n) is 3.90. The van der Waals surface area contributed by atoms with Crippen LogP contribution in [0, 0.1) is 0 Å². The minimum Gasteiger partial charge on any atom is -0.516 e. The molecule has 0 aromatic carbocycles. The molecule has 6 heteroatoms. The molecule has 0 N–H and O–H groups in total. The smallest absolute Gasteiger partial charge is 0.319 e. The van der Waals surface area contributed by atoms with E-state index < -0.39 is 16.6 Å². The summed E-state index contributed by atoms with van der Waals surface area (Å²) in [7, 11) is -4.51. The van der Waals surface area contributed by atoms with Gasteiger partial charge in [0.1, 0.15) is 0 Å². The Bertz CT molecular complexity index is 483. The molecule has 0 rings (SSSR count). The average molecular weight is 427 g/mol. The summed E-state index contributed by atoms with van der Waals surface area (Å²) in [5, 5.41) is 0. The Morgan fingerprint density at radius 1 is 0.607 bits per heavy atom. The van der Waals surface area contributed by atoms with Crippen LogP contribution in [0.1, 0.15) is 67.2 Å². The van der Waals surface area contributed by atoms with E-state index in [9.17, 15) is 9.59 Å². The van der Waals surface area contributed by atoms with Crippen molar-refractivity contribution < 1.29 is 18.4 Å². The molecule has 0 aliphatic rings. The fourth-order valence-corrected chi connectivity index (χ4v) is 14.4. The molecule has 0 aliphatic carbocycles. The van der Waals surface area contributed by atoms with Crippen molar-refractivity contribution in [2.24, 2.45) is 0 Å². The standard InChI is InChI=1S/C22H42O4Si2/c1-9-13-27(14-10-2,25-21(23)19(5)6)17-18-28(15-11-3,16-12-4)26-22(24)20(7)8/h5,7,9-18H2,1-4,6,8H3. The monoisotopic (exact) mass is 426 g/mol. The molecule has 0 heterocycles. The number of carbonyl (C=O) groups excluding carboxylic acids is 2. The first-order valence-corrected chi connectivity index (χ1v) is 15.9. The summed E-state index contributed by atoms with van der Waals surface area (Å²) in [6, 6.07) is 5.58. The molecule has 28 heavy (non-hydrogen) atoms. The van der Waals surface area contributed by atoms with E-state index in [0.29, 0.717) is 11.1 Å². The molecular formula is C22H42O4Si2. The molecule has 0 amide bonds. The van der Waals surface area contributed by atoms with Crippen LogP contribution in [0.5, 0.6) is 0 Å². The van der Waals surface area contributed by atoms with Gasteiger partial charge in [-0.25, -0.2) is 9.59 Å². The van der Waals surface area contributed by atoms with E-state index in [1.807, 2.05) is 0 Å². The second-order valence-corrected chi connectivity index (χ2v) is 16.3. The molecule has 0 saturated carbocycles. The van der Waals surface area contributed by atoms with Crippen LogP contribution in [0.3, 0.4) is 0 Å². The second-order valence-electron chi connectivity index (χ2n) is 8.21. The molecule has 0 aliphatic heterocycles. The minimum absolute atomic E-state index is 0.259. The van der Waals surface area contributed by atoms with Crippen LogP contribution in [-0.4, -0.2) is 28.6 Å². The molecule has 0 unspecified atom stereocenters. The number of hydrogen-bond acceptors (Lipinski definition) is 4. The van der Waals surface area contributed by atoms with Crippen LogP contribution in [-0.2, 0) is 18.4 Å². The van der Waals surface area contributed by atoms with Crippen molar-refractivity contribution >= 4 is 28.6 Å². The highest BCUT2D eigenvalue weighted by atomic mass is 28.4. The zero-order chi connectivity index (χ0) is 21.8. The second kappa shape index (κ2) is 13.1. The molecule has 0 aromatic heterocycles. The van der Waals surface area contributed by atoms with E-state index in [1.54, 1.807) is 13.8 Å². The van der Waals surface area contributed by atoms with Crippen molar-refractivity contribution in [1.82, 2.24) is 0 Å². The summed E-state index contributed by atoms with van der Waals surface area (Å²) in [4.78, 5) is 24.8. The fraction of sp³-hybridized carbons (Fsp3) is 0.727. The summed E-state index contributed by atoms with van der Waals surface area (Å²) < 4.78 is 12.3. The van der Waals surface area contributed by atoms with Gasteiger partial charge in [0, 0.05) is 11.1 Å². The number of rotatable bonds is 15. The van der Waals surface area contributed by atoms with Crippen LogP contribution in [0.2, 0.25) is 36.3 Å². The SMILES string of the molecule is C=C(C)C(=O)O[Si](CCC)(CCC)CC[Si](CCC)(CCC)OC(=O)C(=C)C. The van der Waals surface area contributed by atoms with E-state index in [0.717, 1.165) is 61.9 Å². The first kappa shape index (κ1) is 26.9. The molecule has 162 valence electrons. The number of hydrogen-bond donors (Lipinski definition) is 0. The quantitative estimate of drug-likeness (QED) is 0.214. The lowest BCUT2D eigenvalue weighted by Gasteiger charge is -2.36. The summed E-state index contributed by atoms with van der Waals surface area (Å²) in [5.74, 6) is -0.517. The highest BCUT2D eigenvalue weighted by molar-refractivity contribution is 6.80. The Morgan fingerprint density at radius 2 is 0.857 bits per heavy atom. The predicted molar refractivity (Wildman–Crippen MR) is 123 cm³/mol. The van der Waals surface area contributed by atoms with Gasteiger partial charge in [0.2, 0.25) is 0 Å². The van der Waals surface area contributed by atoms with Gasteiger partial charge >= 0.3 is 11.9 Å². The van der Waals surface area contributed by atoms with Crippen molar-refractivity contribution in [2.75, 3.05) is 0 Å². The lowest BCUT2D eigenvalue weighted by Crippen LogP contribution is -2.46. The zero-order valence-corrected chi connectivity index (χ0v) is 21.1. The van der Waals surface area contributed by atoms with E-state index in [2.05, 4.69) is 40.9 Å². The third-order valence-electron chi connectivity index (χ3n) is 5.17. The van der Waals surface area contributed by atoms with Crippen molar-refractivity contribution in [3.8, 4) is 0 Å². The number of carbonyl (C=O) groups is 2. The van der Waals surface area contributed by atoms with Gasteiger partial charge in [0.25, 0.3) is 16.6 Å². The maximum Gasteiger partial charge on any atom is 0.319 e. The summed E-state index contributed by atoms with van der Waals surface area (Å²) in [6.07, 6.45) is 3.99. The van der Waals surface area contributed by atoms with Crippen LogP contribution in [0.25, 0.3) is 0 Å². The molecule has 0 saturated heterocycles. The van der Waals surface area contributed by atoms with Gasteiger partial charge in [0.15, 0.2) is 0 Å². The lowest BCUT2D eigenvalue weighted by atomic mass is 10.4. The molecule has 4 nitrogen and oxygen atoms in total. The third kappa shape index (κ3) is 8.90. The highest BCUT2D eigenvalue weighted by Crippen LogP contribution is 2.36. The van der Waals surface area contributed by atoms with Crippen molar-refractivity contribution in [2.45, 2.75) is 103 Å². The van der Waals surface area contributed by atoms with Gasteiger partial charge in [-0.05, 0) is 50.1 Å². The van der Waals surface area contributed by atoms with Gasteiger partial charge in [-0.15, -0.1) is 0 Å². The van der Waals surface area contributed by atoms with E-state index in [1.165, 1.54) is 0 Å². The van der Waals surface area contributed by atoms with Crippen LogP contribution < -0.4 is 0 Å². The Balaban J connectivity index is 5.73. The molecule has 0 spiro atoms. The predicted octanol–water partition coefficient (Wildman–Crippen LogP) is 6.76. The van der Waals surface area contributed by atoms with Gasteiger partial charge in [-0.1, -0.05) is 66.5 Å². The molecule has 0 radical (unpaired) electrons. The Hall–Kier alpha value is -1.15. The first-order chi connectivity index (χ1) is 13.1. The molecule has 0 fully saturated rings. The van der Waals surface area contributed by atoms with Crippen molar-refractivity contribution in [3.05, 3.63) is 24.3 Å². The maximum absolute atomic E-state index is 12.4. The Labute approximate surface area is 175 Å². The van der Waals surface area contributed by atoms with Crippen molar-refractivity contribution in [1.29, 1.82) is 0 Å². The van der Waals surface area contributed by atoms with E-state index in [4.69, 9.17) is 8.85 Å². The van der Waals surface area contributed by atoms with E-state index in [-0.39, 0.29) is 11.9 Å². The van der Waals surface area contributed by atoms with Crippen molar-refractivity contribution in [3.63, 3.8) is 0 Å². The summed E-state index contributed by atoms with van der Waals surface area (Å²) in [6.45, 7) is 19.5. The molecule has 0 aromatic rings. The Kier molecular flexibility index (Phi) is 12.6.